The van der Waals surface area contributed by atoms with Crippen LogP contribution in [-0.2, 0) is 0 Å². The van der Waals surface area contributed by atoms with E-state index in [2.05, 4.69) is 0 Å². The average molecular weight is 214 g/mol. The van der Waals surface area contributed by atoms with Crippen LogP contribution >= 0.6 is 0 Å². The molecule has 0 aliphatic heterocycles. The Bertz CT molecular complexity index is 469. The van der Waals surface area contributed by atoms with E-state index >= 15 is 0 Å². The lowest BCUT2D eigenvalue weighted by Gasteiger charge is -2.09. The predicted molar refractivity (Wildman–Crippen MR) is 66.0 cm³/mol. The molecule has 3 heteroatoms. The maximum absolute atomic E-state index is 5.93. The lowest BCUT2D eigenvalue weighted by Crippen LogP contribution is -2.07. The molecule has 2 rings (SSSR count). The molecule has 0 spiro atoms. The second kappa shape index (κ2) is 4.68. The van der Waals surface area contributed by atoms with E-state index in [1.54, 1.807) is 0 Å². The fraction of sp³-hybridized carbons (Fsp3) is 0.0769. The highest BCUT2D eigenvalue weighted by atomic mass is 16.5. The smallest absolute Gasteiger partial charge is 0.137 e. The molecule has 16 heavy (non-hydrogen) atoms. The Kier molecular flexibility index (Phi) is 3.08. The van der Waals surface area contributed by atoms with Crippen LogP contribution < -0.4 is 16.2 Å². The fourth-order valence-corrected chi connectivity index (χ4v) is 1.59. The second-order valence-corrected chi connectivity index (χ2v) is 3.43. The summed E-state index contributed by atoms with van der Waals surface area (Å²) in [4.78, 5) is 0. The number of hydrogen-bond acceptors (Lipinski definition) is 3. The molecule has 0 saturated carbocycles. The molecule has 0 radical (unpaired) electrons. The van der Waals surface area contributed by atoms with Gasteiger partial charge in [0, 0.05) is 11.3 Å². The van der Waals surface area contributed by atoms with Gasteiger partial charge in [-0.1, -0.05) is 30.3 Å². The molecule has 2 aromatic carbocycles. The minimum absolute atomic E-state index is 0.165. The monoisotopic (exact) mass is 214 g/mol. The molecule has 0 atom stereocenters. The van der Waals surface area contributed by atoms with Gasteiger partial charge in [0.2, 0.25) is 0 Å². The summed E-state index contributed by atoms with van der Waals surface area (Å²) >= 11 is 0. The Morgan fingerprint density at radius 3 is 2.44 bits per heavy atom. The lowest BCUT2D eigenvalue weighted by molar-refractivity contribution is 0.330. The first kappa shape index (κ1) is 10.5. The third-order valence-electron chi connectivity index (χ3n) is 2.36. The van der Waals surface area contributed by atoms with Gasteiger partial charge in [0.05, 0.1) is 0 Å². The van der Waals surface area contributed by atoms with Crippen LogP contribution in [-0.4, -0.2) is 6.73 Å². The van der Waals surface area contributed by atoms with Gasteiger partial charge in [-0.25, -0.2) is 0 Å². The van der Waals surface area contributed by atoms with E-state index in [1.807, 2.05) is 48.5 Å². The molecular formula is C13H14N2O. The number of nitrogen functional groups attached to an aromatic ring is 1. The molecule has 0 bridgehead atoms. The van der Waals surface area contributed by atoms with Gasteiger partial charge < -0.3 is 10.5 Å². The molecule has 0 unspecified atom stereocenters. The highest BCUT2D eigenvalue weighted by Gasteiger charge is 2.03. The Labute approximate surface area is 94.6 Å². The van der Waals surface area contributed by atoms with Crippen LogP contribution in [0.4, 0.5) is 5.69 Å². The number of nitrogens with two attached hydrogens (primary N) is 2. The summed E-state index contributed by atoms with van der Waals surface area (Å²) in [7, 11) is 0. The van der Waals surface area contributed by atoms with Crippen molar-refractivity contribution < 1.29 is 4.74 Å². The highest BCUT2D eigenvalue weighted by molar-refractivity contribution is 5.77. The van der Waals surface area contributed by atoms with Gasteiger partial charge >= 0.3 is 0 Å². The number of ether oxygens (including phenoxy) is 1. The molecule has 3 nitrogen and oxygen atoms in total. The number of benzene rings is 2. The third kappa shape index (κ3) is 2.15. The zero-order valence-electron chi connectivity index (χ0n) is 8.89. The summed E-state index contributed by atoms with van der Waals surface area (Å²) in [5.41, 5.74) is 14.0. The number of hydrogen-bond donors (Lipinski definition) is 2. The Morgan fingerprint density at radius 2 is 1.75 bits per heavy atom. The van der Waals surface area contributed by atoms with E-state index in [0.717, 1.165) is 22.6 Å². The van der Waals surface area contributed by atoms with E-state index in [1.165, 1.54) is 0 Å². The van der Waals surface area contributed by atoms with Gasteiger partial charge in [0.25, 0.3) is 0 Å². The molecular weight excluding hydrogens is 200 g/mol. The van der Waals surface area contributed by atoms with Gasteiger partial charge in [-0.15, -0.1) is 0 Å². The van der Waals surface area contributed by atoms with Gasteiger partial charge in [-0.3, -0.25) is 5.73 Å². The van der Waals surface area contributed by atoms with Crippen molar-refractivity contribution in [3.8, 4) is 16.9 Å². The summed E-state index contributed by atoms with van der Waals surface area (Å²) in [5.74, 6) is 0.732. The molecule has 0 saturated heterocycles. The van der Waals surface area contributed by atoms with Crippen LogP contribution in [0.2, 0.25) is 0 Å². The normalized spacial score (nSPS) is 10.1. The van der Waals surface area contributed by atoms with Gasteiger partial charge in [0.1, 0.15) is 12.5 Å². The van der Waals surface area contributed by atoms with Crippen LogP contribution in [0.15, 0.2) is 48.5 Å². The molecule has 0 aliphatic carbocycles. The summed E-state index contributed by atoms with van der Waals surface area (Å²) in [5, 5.41) is 0. The SMILES string of the molecule is NCOc1ccc(N)c(-c2ccccc2)c1. The highest BCUT2D eigenvalue weighted by Crippen LogP contribution is 2.29. The Morgan fingerprint density at radius 1 is 1.00 bits per heavy atom. The summed E-state index contributed by atoms with van der Waals surface area (Å²) in [6, 6.07) is 15.5. The minimum atomic E-state index is 0.165. The first-order valence-corrected chi connectivity index (χ1v) is 5.09. The van der Waals surface area contributed by atoms with Crippen molar-refractivity contribution in [1.82, 2.24) is 0 Å². The van der Waals surface area contributed by atoms with Gasteiger partial charge in [0.15, 0.2) is 0 Å². The molecule has 0 amide bonds. The third-order valence-corrected chi connectivity index (χ3v) is 2.36. The van der Waals surface area contributed by atoms with Gasteiger partial charge in [-0.05, 0) is 23.8 Å². The maximum Gasteiger partial charge on any atom is 0.137 e. The summed E-state index contributed by atoms with van der Waals surface area (Å²) in [6.45, 7) is 0.165. The lowest BCUT2D eigenvalue weighted by atomic mass is 10.0. The molecule has 2 aromatic rings. The van der Waals surface area contributed by atoms with E-state index in [-0.39, 0.29) is 6.73 Å². The van der Waals surface area contributed by atoms with E-state index < -0.39 is 0 Å². The van der Waals surface area contributed by atoms with Crippen molar-refractivity contribution in [2.75, 3.05) is 12.5 Å². The summed E-state index contributed by atoms with van der Waals surface area (Å²) < 4.78 is 5.25. The van der Waals surface area contributed by atoms with Crippen LogP contribution in [0.1, 0.15) is 0 Å². The molecule has 4 N–H and O–H groups in total. The minimum Gasteiger partial charge on any atom is -0.479 e. The van der Waals surface area contributed by atoms with Gasteiger partial charge in [-0.2, -0.15) is 0 Å². The van der Waals surface area contributed by atoms with E-state index in [9.17, 15) is 0 Å². The van der Waals surface area contributed by atoms with Crippen LogP contribution in [0, 0.1) is 0 Å². The van der Waals surface area contributed by atoms with Crippen molar-refractivity contribution >= 4 is 5.69 Å². The van der Waals surface area contributed by atoms with Crippen molar-refractivity contribution in [1.29, 1.82) is 0 Å². The van der Waals surface area contributed by atoms with E-state index in [0.29, 0.717) is 0 Å². The van der Waals surface area contributed by atoms with Crippen LogP contribution in [0.3, 0.4) is 0 Å². The molecule has 82 valence electrons. The standard InChI is InChI=1S/C13H14N2O/c14-9-16-11-6-7-13(15)12(8-11)10-4-2-1-3-5-10/h1-8H,9,14-15H2. The first-order valence-electron chi connectivity index (χ1n) is 5.09. The van der Waals surface area contributed by atoms with Crippen LogP contribution in [0.25, 0.3) is 11.1 Å². The quantitative estimate of drug-likeness (QED) is 0.608. The topological polar surface area (TPSA) is 61.3 Å². The predicted octanol–water partition coefficient (Wildman–Crippen LogP) is 2.23. The zero-order chi connectivity index (χ0) is 11.4. The van der Waals surface area contributed by atoms with Crippen molar-refractivity contribution in [2.24, 2.45) is 5.73 Å². The summed E-state index contributed by atoms with van der Waals surface area (Å²) in [6.07, 6.45) is 0. The average Bonchev–Trinajstić information content (AvgIpc) is 2.33. The number of anilines is 1. The fourth-order valence-electron chi connectivity index (χ4n) is 1.59. The van der Waals surface area contributed by atoms with Crippen LogP contribution in [0.5, 0.6) is 5.75 Å². The Hall–Kier alpha value is -2.00. The molecule has 0 aromatic heterocycles. The second-order valence-electron chi connectivity index (χ2n) is 3.43. The van der Waals surface area contributed by atoms with Crippen molar-refractivity contribution in [2.45, 2.75) is 0 Å². The molecule has 0 fully saturated rings. The van der Waals surface area contributed by atoms with E-state index in [4.69, 9.17) is 16.2 Å². The Balaban J connectivity index is 2.43. The zero-order valence-corrected chi connectivity index (χ0v) is 8.89. The molecule has 0 aliphatic rings. The number of rotatable bonds is 3. The first-order chi connectivity index (χ1) is 7.81. The van der Waals surface area contributed by atoms with Crippen molar-refractivity contribution in [3.63, 3.8) is 0 Å². The molecule has 0 heterocycles. The van der Waals surface area contributed by atoms with Crippen molar-refractivity contribution in [3.05, 3.63) is 48.5 Å². The largest absolute Gasteiger partial charge is 0.479 e. The maximum atomic E-state index is 5.93.